The van der Waals surface area contributed by atoms with Gasteiger partial charge in [-0.1, -0.05) is 0 Å². The third kappa shape index (κ3) is 9.10. The summed E-state index contributed by atoms with van der Waals surface area (Å²) in [5.41, 5.74) is 1.34. The summed E-state index contributed by atoms with van der Waals surface area (Å²) >= 11 is 0. The van der Waals surface area contributed by atoms with Crippen LogP contribution in [0.2, 0.25) is 0 Å². The van der Waals surface area contributed by atoms with Crippen molar-refractivity contribution in [1.29, 1.82) is 0 Å². The molecule has 1 saturated heterocycles. The first-order chi connectivity index (χ1) is 13.9. The third-order valence-corrected chi connectivity index (χ3v) is 4.98. The van der Waals surface area contributed by atoms with Crippen molar-refractivity contribution < 1.29 is 24.5 Å². The average molecular weight is 408 g/mol. The molecule has 29 heavy (non-hydrogen) atoms. The number of unbranched alkanes of at least 4 members (excludes halogenated alkanes) is 1. The monoisotopic (exact) mass is 408 g/mol. The quantitative estimate of drug-likeness (QED) is 0.490. The Bertz CT molecular complexity index is 641. The van der Waals surface area contributed by atoms with Crippen LogP contribution in [0.15, 0.2) is 18.2 Å². The van der Waals surface area contributed by atoms with Crippen molar-refractivity contribution in [3.8, 4) is 5.88 Å². The smallest absolute Gasteiger partial charge is 0.328 e. The fourth-order valence-corrected chi connectivity index (χ4v) is 3.29. The molecule has 0 spiro atoms. The summed E-state index contributed by atoms with van der Waals surface area (Å²) in [5, 5.41) is 20.1. The summed E-state index contributed by atoms with van der Waals surface area (Å²) in [4.78, 5) is 24.1. The van der Waals surface area contributed by atoms with E-state index in [2.05, 4.69) is 32.7 Å². The Morgan fingerprint density at radius 1 is 1.07 bits per heavy atom. The maximum absolute atomic E-state index is 9.55. The van der Waals surface area contributed by atoms with E-state index < -0.39 is 11.9 Å². The van der Waals surface area contributed by atoms with Gasteiger partial charge in [0.25, 0.3) is 0 Å². The number of ether oxygens (including phenoxy) is 1. The van der Waals surface area contributed by atoms with Crippen LogP contribution in [0.25, 0.3) is 0 Å². The van der Waals surface area contributed by atoms with Crippen molar-refractivity contribution in [2.24, 2.45) is 0 Å². The number of hydrogen-bond donors (Lipinski definition) is 2. The van der Waals surface area contributed by atoms with Gasteiger partial charge in [0.1, 0.15) is 0 Å². The molecule has 2 aliphatic rings. The van der Waals surface area contributed by atoms with Crippen molar-refractivity contribution in [2.75, 3.05) is 46.4 Å². The van der Waals surface area contributed by atoms with Gasteiger partial charge >= 0.3 is 11.9 Å². The lowest BCUT2D eigenvalue weighted by Gasteiger charge is -2.32. The van der Waals surface area contributed by atoms with Crippen LogP contribution in [-0.2, 0) is 22.6 Å². The van der Waals surface area contributed by atoms with E-state index in [0.717, 1.165) is 31.9 Å². The summed E-state index contributed by atoms with van der Waals surface area (Å²) in [7, 11) is 2.20. The second-order valence-electron chi connectivity index (χ2n) is 7.36. The predicted octanol–water partition coefficient (Wildman–Crippen LogP) is 1.34. The Hall–Kier alpha value is -2.39. The zero-order chi connectivity index (χ0) is 21.1. The largest absolute Gasteiger partial charge is 0.478 e. The first-order valence-electron chi connectivity index (χ1n) is 10.2. The van der Waals surface area contributed by atoms with Gasteiger partial charge in [-0.2, -0.15) is 0 Å². The summed E-state index contributed by atoms with van der Waals surface area (Å²) in [5.74, 6) is -1.69. The summed E-state index contributed by atoms with van der Waals surface area (Å²) in [6.07, 6.45) is 7.14. The molecule has 0 amide bonds. The van der Waals surface area contributed by atoms with E-state index in [1.165, 1.54) is 57.7 Å². The zero-order valence-corrected chi connectivity index (χ0v) is 17.1. The number of nitrogens with zero attached hydrogens (tertiary/aromatic N) is 4. The van der Waals surface area contributed by atoms with Crippen molar-refractivity contribution in [3.05, 3.63) is 23.9 Å². The van der Waals surface area contributed by atoms with Crippen LogP contribution < -0.4 is 4.74 Å². The van der Waals surface area contributed by atoms with Crippen molar-refractivity contribution >= 4 is 11.9 Å². The maximum Gasteiger partial charge on any atom is 0.328 e. The molecule has 1 fully saturated rings. The molecule has 0 saturated carbocycles. The summed E-state index contributed by atoms with van der Waals surface area (Å²) < 4.78 is 7.92. The lowest BCUT2D eigenvalue weighted by Crippen LogP contribution is -2.44. The third-order valence-electron chi connectivity index (χ3n) is 4.98. The van der Waals surface area contributed by atoms with E-state index in [1.54, 1.807) is 0 Å². The Balaban J connectivity index is 0.000000321. The molecule has 3 rings (SSSR count). The number of hydrogen-bond acceptors (Lipinski definition) is 6. The standard InChI is InChI=1S/C16H28N4O.C4H4O4/c1-18-9-11-19(12-10-18)7-4-5-13-21-16-14-15-6-2-3-8-20(15)17-16;5-3(6)1-2-4(7)8/h14H,2-13H2,1H3;1-2H,(H,5,6)(H,7,8). The lowest BCUT2D eigenvalue weighted by molar-refractivity contribution is -0.134. The Morgan fingerprint density at radius 2 is 1.76 bits per heavy atom. The number of aromatic nitrogens is 2. The van der Waals surface area contributed by atoms with Gasteiger partial charge < -0.3 is 24.7 Å². The fourth-order valence-electron chi connectivity index (χ4n) is 3.29. The number of aryl methyl sites for hydroxylation is 2. The Morgan fingerprint density at radius 3 is 2.38 bits per heavy atom. The summed E-state index contributed by atoms with van der Waals surface area (Å²) in [6.45, 7) is 7.90. The molecule has 1 aromatic rings. The molecule has 9 heteroatoms. The minimum Gasteiger partial charge on any atom is -0.478 e. The van der Waals surface area contributed by atoms with Gasteiger partial charge in [-0.3, -0.25) is 4.68 Å². The fraction of sp³-hybridized carbons (Fsp3) is 0.650. The molecule has 3 heterocycles. The Labute approximate surface area is 171 Å². The van der Waals surface area contributed by atoms with Crippen molar-refractivity contribution in [3.63, 3.8) is 0 Å². The molecule has 2 N–H and O–H groups in total. The van der Waals surface area contributed by atoms with E-state index in [-0.39, 0.29) is 0 Å². The van der Waals surface area contributed by atoms with Crippen LogP contribution >= 0.6 is 0 Å². The van der Waals surface area contributed by atoms with E-state index in [1.807, 2.05) is 0 Å². The highest BCUT2D eigenvalue weighted by molar-refractivity contribution is 5.89. The maximum atomic E-state index is 9.55. The number of carboxylic acids is 2. The van der Waals surface area contributed by atoms with Crippen LogP contribution in [0.3, 0.4) is 0 Å². The van der Waals surface area contributed by atoms with Crippen molar-refractivity contribution in [1.82, 2.24) is 19.6 Å². The number of fused-ring (bicyclic) bond motifs is 1. The molecule has 0 aromatic carbocycles. The number of piperazine rings is 1. The number of aliphatic carboxylic acids is 2. The minimum absolute atomic E-state index is 0.558. The van der Waals surface area contributed by atoms with Crippen molar-refractivity contribution in [2.45, 2.75) is 38.6 Å². The van der Waals surface area contributed by atoms with Crippen LogP contribution in [-0.4, -0.2) is 88.1 Å². The van der Waals surface area contributed by atoms with Gasteiger partial charge in [0.05, 0.1) is 6.61 Å². The molecule has 0 aliphatic carbocycles. The van der Waals surface area contributed by atoms with Crippen LogP contribution in [0.1, 0.15) is 31.4 Å². The molecule has 9 nitrogen and oxygen atoms in total. The van der Waals surface area contributed by atoms with Crippen LogP contribution in [0, 0.1) is 0 Å². The number of carboxylic acid groups (broad SMARTS) is 2. The lowest BCUT2D eigenvalue weighted by atomic mass is 10.1. The molecule has 162 valence electrons. The number of rotatable bonds is 8. The molecule has 0 radical (unpaired) electrons. The van der Waals surface area contributed by atoms with E-state index >= 15 is 0 Å². The first kappa shape index (κ1) is 22.9. The number of carbonyl (C=O) groups is 2. The predicted molar refractivity (Wildman–Crippen MR) is 108 cm³/mol. The van der Waals surface area contributed by atoms with Gasteiger partial charge in [0.2, 0.25) is 5.88 Å². The molecule has 0 bridgehead atoms. The van der Waals surface area contributed by atoms with Gasteiger partial charge in [-0.25, -0.2) is 9.59 Å². The number of likely N-dealkylation sites (N-methyl/N-ethyl adjacent to an activating group) is 1. The molecule has 1 aromatic heterocycles. The second kappa shape index (κ2) is 12.2. The van der Waals surface area contributed by atoms with E-state index in [4.69, 9.17) is 14.9 Å². The molecular formula is C20H32N4O5. The topological polar surface area (TPSA) is 108 Å². The van der Waals surface area contributed by atoms with Gasteiger partial charge in [0.15, 0.2) is 0 Å². The normalized spacial score (nSPS) is 17.4. The molecule has 0 unspecified atom stereocenters. The van der Waals surface area contributed by atoms with Gasteiger partial charge in [-0.15, -0.1) is 5.10 Å². The van der Waals surface area contributed by atoms with Gasteiger partial charge in [0, 0.05) is 56.6 Å². The highest BCUT2D eigenvalue weighted by atomic mass is 16.5. The van der Waals surface area contributed by atoms with Crippen LogP contribution in [0.5, 0.6) is 5.88 Å². The average Bonchev–Trinajstić information content (AvgIpc) is 3.11. The first-order valence-corrected chi connectivity index (χ1v) is 10.2. The van der Waals surface area contributed by atoms with E-state index in [0.29, 0.717) is 12.2 Å². The van der Waals surface area contributed by atoms with Crippen LogP contribution in [0.4, 0.5) is 0 Å². The highest BCUT2D eigenvalue weighted by Gasteiger charge is 2.14. The molecule has 2 aliphatic heterocycles. The highest BCUT2D eigenvalue weighted by Crippen LogP contribution is 2.19. The SMILES string of the molecule is CN1CCN(CCCCOc2cc3n(n2)CCCC3)CC1.O=C(O)C=CC(=O)O. The second-order valence-corrected chi connectivity index (χ2v) is 7.36. The minimum atomic E-state index is -1.26. The van der Waals surface area contributed by atoms with Gasteiger partial charge in [-0.05, 0) is 45.7 Å². The molecular weight excluding hydrogens is 376 g/mol. The Kier molecular flexibility index (Phi) is 9.66. The summed E-state index contributed by atoms with van der Waals surface area (Å²) in [6, 6.07) is 2.12. The zero-order valence-electron chi connectivity index (χ0n) is 17.1. The van der Waals surface area contributed by atoms with E-state index in [9.17, 15) is 9.59 Å². The molecule has 0 atom stereocenters.